The number of nitrogens with one attached hydrogen (secondary N) is 2. The summed E-state index contributed by atoms with van der Waals surface area (Å²) >= 11 is 4.93. The number of fused-ring (bicyclic) bond motifs is 3. The number of H-pyrrole nitrogens is 1. The Balaban J connectivity index is 1.90. The molecule has 1 aliphatic rings. The summed E-state index contributed by atoms with van der Waals surface area (Å²) in [6.07, 6.45) is 3.39. The van der Waals surface area contributed by atoms with Crippen LogP contribution in [0.2, 0.25) is 0 Å². The first-order valence-electron chi connectivity index (χ1n) is 6.90. The number of anilines is 1. The zero-order chi connectivity index (χ0) is 15.8. The Morgan fingerprint density at radius 1 is 1.26 bits per heavy atom. The number of benzene rings is 1. The fourth-order valence-corrected chi connectivity index (χ4v) is 3.06. The summed E-state index contributed by atoms with van der Waals surface area (Å²) in [4.78, 5) is 7.65. The molecule has 6 nitrogen and oxygen atoms in total. The van der Waals surface area contributed by atoms with Gasteiger partial charge >= 0.3 is 0 Å². The number of aromatic amines is 1. The minimum Gasteiger partial charge on any atom is -0.446 e. The van der Waals surface area contributed by atoms with Crippen molar-refractivity contribution in [1.82, 2.24) is 20.2 Å². The maximum Gasteiger partial charge on any atom is 0.247 e. The fraction of sp³-hybridized carbons (Fsp3) is 0.133. The highest BCUT2D eigenvalue weighted by molar-refractivity contribution is 9.10. The SMILES string of the molecule is CSc1nnc2c(n1)O[C@H](c1ccc[nH]1)Nc1ccc(Br)cc1-2. The lowest BCUT2D eigenvalue weighted by Crippen LogP contribution is -2.17. The van der Waals surface area contributed by atoms with Crippen LogP contribution in [0, 0.1) is 0 Å². The maximum absolute atomic E-state index is 6.08. The van der Waals surface area contributed by atoms with Gasteiger partial charge in [-0.3, -0.25) is 0 Å². The predicted molar refractivity (Wildman–Crippen MR) is 92.5 cm³/mol. The number of nitrogens with zero attached hydrogens (tertiary/aromatic N) is 3. The topological polar surface area (TPSA) is 75.7 Å². The molecule has 0 radical (unpaired) electrons. The minimum atomic E-state index is -0.377. The summed E-state index contributed by atoms with van der Waals surface area (Å²) < 4.78 is 7.04. The van der Waals surface area contributed by atoms with Gasteiger partial charge in [0.2, 0.25) is 17.3 Å². The molecule has 0 spiro atoms. The Morgan fingerprint density at radius 2 is 2.17 bits per heavy atom. The molecule has 23 heavy (non-hydrogen) atoms. The molecule has 0 aliphatic carbocycles. The van der Waals surface area contributed by atoms with Gasteiger partial charge < -0.3 is 15.0 Å². The van der Waals surface area contributed by atoms with Crippen molar-refractivity contribution < 1.29 is 4.74 Å². The van der Waals surface area contributed by atoms with E-state index in [9.17, 15) is 0 Å². The van der Waals surface area contributed by atoms with E-state index in [0.29, 0.717) is 16.7 Å². The molecule has 8 heteroatoms. The third-order valence-corrected chi connectivity index (χ3v) is 4.51. The highest BCUT2D eigenvalue weighted by Crippen LogP contribution is 2.40. The quantitative estimate of drug-likeness (QED) is 0.648. The molecule has 0 saturated carbocycles. The molecular weight excluding hydrogens is 378 g/mol. The van der Waals surface area contributed by atoms with Crippen molar-refractivity contribution in [2.75, 3.05) is 11.6 Å². The van der Waals surface area contributed by atoms with Gasteiger partial charge in [-0.2, -0.15) is 4.98 Å². The Bertz CT molecular complexity index is 855. The van der Waals surface area contributed by atoms with Crippen LogP contribution in [-0.2, 0) is 0 Å². The molecule has 1 aromatic carbocycles. The molecule has 0 saturated heterocycles. The number of aromatic nitrogens is 4. The first-order valence-corrected chi connectivity index (χ1v) is 8.91. The second-order valence-corrected chi connectivity index (χ2v) is 6.60. The Labute approximate surface area is 145 Å². The van der Waals surface area contributed by atoms with E-state index >= 15 is 0 Å². The lowest BCUT2D eigenvalue weighted by Gasteiger charge is -2.17. The Hall–Kier alpha value is -2.06. The highest BCUT2D eigenvalue weighted by Gasteiger charge is 2.26. The largest absolute Gasteiger partial charge is 0.446 e. The van der Waals surface area contributed by atoms with Crippen LogP contribution in [0.4, 0.5) is 5.69 Å². The predicted octanol–water partition coefficient (Wildman–Crippen LogP) is 3.85. The summed E-state index contributed by atoms with van der Waals surface area (Å²) in [6, 6.07) is 9.83. The van der Waals surface area contributed by atoms with E-state index in [-0.39, 0.29) is 6.23 Å². The molecule has 116 valence electrons. The smallest absolute Gasteiger partial charge is 0.247 e. The molecular formula is C15H12BrN5OS. The molecule has 0 bridgehead atoms. The molecule has 2 aromatic heterocycles. The van der Waals surface area contributed by atoms with E-state index in [4.69, 9.17) is 4.74 Å². The number of thioether (sulfide) groups is 1. The number of hydrogen-bond donors (Lipinski definition) is 2. The van der Waals surface area contributed by atoms with E-state index in [0.717, 1.165) is 21.4 Å². The normalized spacial score (nSPS) is 15.8. The lowest BCUT2D eigenvalue weighted by molar-refractivity contribution is 0.221. The van der Waals surface area contributed by atoms with Gasteiger partial charge in [0, 0.05) is 21.9 Å². The Morgan fingerprint density at radius 3 is 2.96 bits per heavy atom. The van der Waals surface area contributed by atoms with E-state index < -0.39 is 0 Å². The third kappa shape index (κ3) is 2.68. The van der Waals surface area contributed by atoms with E-state index in [1.807, 2.05) is 42.8 Å². The van der Waals surface area contributed by atoms with Crippen LogP contribution in [0.1, 0.15) is 11.9 Å². The van der Waals surface area contributed by atoms with Gasteiger partial charge in [0.05, 0.1) is 5.69 Å². The molecule has 0 fully saturated rings. The average molecular weight is 390 g/mol. The van der Waals surface area contributed by atoms with Gasteiger partial charge in [-0.1, -0.05) is 27.7 Å². The Kier molecular flexibility index (Phi) is 3.70. The van der Waals surface area contributed by atoms with Gasteiger partial charge in [-0.15, -0.1) is 10.2 Å². The monoisotopic (exact) mass is 389 g/mol. The maximum atomic E-state index is 6.08. The van der Waals surface area contributed by atoms with Crippen molar-refractivity contribution in [3.8, 4) is 17.1 Å². The van der Waals surface area contributed by atoms with E-state index in [2.05, 4.69) is 41.4 Å². The van der Waals surface area contributed by atoms with Crippen LogP contribution in [-0.4, -0.2) is 26.4 Å². The van der Waals surface area contributed by atoms with Crippen LogP contribution in [0.3, 0.4) is 0 Å². The van der Waals surface area contributed by atoms with Crippen molar-refractivity contribution >= 4 is 33.4 Å². The first-order chi connectivity index (χ1) is 11.2. The summed E-state index contributed by atoms with van der Waals surface area (Å²) in [5.74, 6) is 0.466. The summed E-state index contributed by atoms with van der Waals surface area (Å²) in [6.45, 7) is 0. The third-order valence-electron chi connectivity index (χ3n) is 3.48. The average Bonchev–Trinajstić information content (AvgIpc) is 3.05. The van der Waals surface area contributed by atoms with Crippen LogP contribution >= 0.6 is 27.7 Å². The summed E-state index contributed by atoms with van der Waals surface area (Å²) in [7, 11) is 0. The molecule has 3 heterocycles. The molecule has 4 rings (SSSR count). The van der Waals surface area contributed by atoms with Gasteiger partial charge in [0.1, 0.15) is 0 Å². The first kappa shape index (κ1) is 14.5. The van der Waals surface area contributed by atoms with Crippen molar-refractivity contribution in [1.29, 1.82) is 0 Å². The molecule has 1 aliphatic heterocycles. The van der Waals surface area contributed by atoms with Gasteiger partial charge in [0.25, 0.3) is 0 Å². The second-order valence-electron chi connectivity index (χ2n) is 4.91. The molecule has 0 amide bonds. The van der Waals surface area contributed by atoms with Crippen LogP contribution in [0.15, 0.2) is 46.2 Å². The van der Waals surface area contributed by atoms with E-state index in [1.54, 1.807) is 0 Å². The number of halogens is 1. The fourth-order valence-electron chi connectivity index (χ4n) is 2.40. The number of ether oxygens (including phenoxy) is 1. The van der Waals surface area contributed by atoms with Crippen molar-refractivity contribution in [2.24, 2.45) is 0 Å². The highest BCUT2D eigenvalue weighted by atomic mass is 79.9. The van der Waals surface area contributed by atoms with Crippen molar-refractivity contribution in [2.45, 2.75) is 11.4 Å². The summed E-state index contributed by atoms with van der Waals surface area (Å²) in [5.41, 5.74) is 3.35. The minimum absolute atomic E-state index is 0.377. The van der Waals surface area contributed by atoms with Crippen LogP contribution in [0.25, 0.3) is 11.3 Å². The van der Waals surface area contributed by atoms with Crippen molar-refractivity contribution in [3.63, 3.8) is 0 Å². The molecule has 2 N–H and O–H groups in total. The van der Waals surface area contributed by atoms with Gasteiger partial charge in [-0.05, 0) is 36.6 Å². The molecule has 1 atom stereocenters. The van der Waals surface area contributed by atoms with Gasteiger partial charge in [-0.25, -0.2) is 0 Å². The number of rotatable bonds is 2. The summed E-state index contributed by atoms with van der Waals surface area (Å²) in [5, 5.41) is 12.4. The van der Waals surface area contributed by atoms with Gasteiger partial charge in [0.15, 0.2) is 5.69 Å². The van der Waals surface area contributed by atoms with E-state index in [1.165, 1.54) is 11.8 Å². The molecule has 0 unspecified atom stereocenters. The zero-order valence-corrected chi connectivity index (χ0v) is 14.5. The van der Waals surface area contributed by atoms with Crippen LogP contribution in [0.5, 0.6) is 5.88 Å². The lowest BCUT2D eigenvalue weighted by atomic mass is 10.1. The molecule has 3 aromatic rings. The van der Waals surface area contributed by atoms with Crippen LogP contribution < -0.4 is 10.1 Å². The van der Waals surface area contributed by atoms with Crippen molar-refractivity contribution in [3.05, 3.63) is 46.7 Å². The second kappa shape index (κ2) is 5.86. The standard InChI is InChI=1S/C15H12BrN5OS/c1-23-15-19-14-12(20-21-15)9-7-8(16)4-5-10(9)18-13(22-14)11-3-2-6-17-11/h2-7,13,17-18H,1H3/t13-/m1/s1. The number of hydrogen-bond acceptors (Lipinski definition) is 6. The zero-order valence-electron chi connectivity index (χ0n) is 12.1.